The maximum absolute atomic E-state index is 11.1. The van der Waals surface area contributed by atoms with Gasteiger partial charge in [-0.15, -0.1) is 0 Å². The third-order valence-electron chi connectivity index (χ3n) is 2.64. The van der Waals surface area contributed by atoms with E-state index in [1.807, 2.05) is 12.1 Å². The predicted molar refractivity (Wildman–Crippen MR) is 79.3 cm³/mol. The predicted octanol–water partition coefficient (Wildman–Crippen LogP) is 2.26. The molecule has 2 rings (SSSR count). The van der Waals surface area contributed by atoms with E-state index < -0.39 is 5.91 Å². The van der Waals surface area contributed by atoms with Crippen molar-refractivity contribution in [1.82, 2.24) is 10.4 Å². The van der Waals surface area contributed by atoms with Crippen LogP contribution in [0.1, 0.15) is 12.0 Å². The normalized spacial score (nSPS) is 10.5. The van der Waals surface area contributed by atoms with Gasteiger partial charge in [0.05, 0.1) is 24.9 Å². The molecule has 0 saturated carbocycles. The SMILES string of the molecule is COc1ccc2cc(/C=N\NC(=O)CC#N)c(Cl)nc2c1. The minimum atomic E-state index is -0.483. The van der Waals surface area contributed by atoms with Gasteiger partial charge < -0.3 is 4.74 Å². The Morgan fingerprint density at radius 2 is 2.38 bits per heavy atom. The summed E-state index contributed by atoms with van der Waals surface area (Å²) in [6.07, 6.45) is 1.13. The highest BCUT2D eigenvalue weighted by molar-refractivity contribution is 6.32. The van der Waals surface area contributed by atoms with Gasteiger partial charge in [0.1, 0.15) is 17.3 Å². The van der Waals surface area contributed by atoms with Crippen molar-refractivity contribution in [2.75, 3.05) is 7.11 Å². The highest BCUT2D eigenvalue weighted by Gasteiger charge is 2.05. The number of rotatable bonds is 4. The van der Waals surface area contributed by atoms with Crippen LogP contribution in [0.4, 0.5) is 0 Å². The maximum atomic E-state index is 11.1. The number of nitriles is 1. The Labute approximate surface area is 126 Å². The molecule has 0 radical (unpaired) electrons. The maximum Gasteiger partial charge on any atom is 0.254 e. The number of amides is 1. The number of ether oxygens (including phenoxy) is 1. The first-order valence-corrected chi connectivity index (χ1v) is 6.35. The molecule has 0 fully saturated rings. The molecule has 1 N–H and O–H groups in total. The van der Waals surface area contributed by atoms with Crippen LogP contribution in [-0.4, -0.2) is 24.2 Å². The lowest BCUT2D eigenvalue weighted by Gasteiger charge is -2.04. The molecule has 6 nitrogen and oxygen atoms in total. The zero-order valence-electron chi connectivity index (χ0n) is 11.1. The number of carbonyl (C=O) groups is 1. The van der Waals surface area contributed by atoms with Crippen molar-refractivity contribution in [3.63, 3.8) is 0 Å². The summed E-state index contributed by atoms with van der Waals surface area (Å²) in [4.78, 5) is 15.3. The van der Waals surface area contributed by atoms with E-state index >= 15 is 0 Å². The molecule has 0 spiro atoms. The number of halogens is 1. The summed E-state index contributed by atoms with van der Waals surface area (Å²) >= 11 is 6.07. The first kappa shape index (κ1) is 14.8. The molecular weight excluding hydrogens is 292 g/mol. The Kier molecular flexibility index (Phi) is 4.69. The second-order valence-electron chi connectivity index (χ2n) is 4.06. The van der Waals surface area contributed by atoms with Crippen molar-refractivity contribution in [3.8, 4) is 11.8 Å². The van der Waals surface area contributed by atoms with Crippen LogP contribution < -0.4 is 10.2 Å². The first-order chi connectivity index (χ1) is 10.1. The molecule has 0 saturated heterocycles. The van der Waals surface area contributed by atoms with Crippen molar-refractivity contribution >= 4 is 34.6 Å². The molecule has 0 aliphatic carbocycles. The van der Waals surface area contributed by atoms with Gasteiger partial charge in [0.2, 0.25) is 0 Å². The summed E-state index contributed by atoms with van der Waals surface area (Å²) in [5.41, 5.74) is 3.49. The third kappa shape index (κ3) is 3.68. The van der Waals surface area contributed by atoms with Crippen molar-refractivity contribution in [2.45, 2.75) is 6.42 Å². The zero-order chi connectivity index (χ0) is 15.2. The van der Waals surface area contributed by atoms with Gasteiger partial charge in [0.25, 0.3) is 5.91 Å². The van der Waals surface area contributed by atoms with Gasteiger partial charge in [0, 0.05) is 17.0 Å². The van der Waals surface area contributed by atoms with Crippen molar-refractivity contribution < 1.29 is 9.53 Å². The van der Waals surface area contributed by atoms with Crippen LogP contribution in [0, 0.1) is 11.3 Å². The quantitative estimate of drug-likeness (QED) is 0.533. The fraction of sp³-hybridized carbons (Fsp3) is 0.143. The lowest BCUT2D eigenvalue weighted by Crippen LogP contribution is -2.16. The van der Waals surface area contributed by atoms with Gasteiger partial charge in [-0.2, -0.15) is 10.4 Å². The summed E-state index contributed by atoms with van der Waals surface area (Å²) in [7, 11) is 1.58. The van der Waals surface area contributed by atoms with E-state index in [1.54, 1.807) is 25.3 Å². The molecule has 1 aromatic carbocycles. The molecule has 21 heavy (non-hydrogen) atoms. The number of nitrogens with one attached hydrogen (secondary N) is 1. The van der Waals surface area contributed by atoms with Gasteiger partial charge in [-0.1, -0.05) is 11.6 Å². The van der Waals surface area contributed by atoms with E-state index in [0.717, 1.165) is 5.39 Å². The fourth-order valence-corrected chi connectivity index (χ4v) is 1.84. The summed E-state index contributed by atoms with van der Waals surface area (Å²) in [5, 5.41) is 13.2. The molecule has 7 heteroatoms. The Balaban J connectivity index is 2.25. The van der Waals surface area contributed by atoms with Gasteiger partial charge in [0.15, 0.2) is 0 Å². The van der Waals surface area contributed by atoms with Crippen LogP contribution in [0.3, 0.4) is 0 Å². The Morgan fingerprint density at radius 1 is 1.57 bits per heavy atom. The number of benzene rings is 1. The van der Waals surface area contributed by atoms with E-state index in [-0.39, 0.29) is 11.6 Å². The summed E-state index contributed by atoms with van der Waals surface area (Å²) in [6, 6.07) is 8.96. The lowest BCUT2D eigenvalue weighted by atomic mass is 10.1. The van der Waals surface area contributed by atoms with Crippen molar-refractivity contribution in [1.29, 1.82) is 5.26 Å². The number of pyridine rings is 1. The van der Waals surface area contributed by atoms with Gasteiger partial charge in [-0.25, -0.2) is 10.4 Å². The molecule has 0 bridgehead atoms. The number of hydrazone groups is 1. The van der Waals surface area contributed by atoms with Crippen LogP contribution in [0.25, 0.3) is 10.9 Å². The number of aromatic nitrogens is 1. The summed E-state index contributed by atoms with van der Waals surface area (Å²) < 4.78 is 5.12. The lowest BCUT2D eigenvalue weighted by molar-refractivity contribution is -0.120. The average Bonchev–Trinajstić information content (AvgIpc) is 2.47. The molecule has 2 aromatic rings. The second-order valence-corrected chi connectivity index (χ2v) is 4.41. The summed E-state index contributed by atoms with van der Waals surface area (Å²) in [6.45, 7) is 0. The van der Waals surface area contributed by atoms with E-state index in [4.69, 9.17) is 21.6 Å². The molecule has 0 aliphatic rings. The van der Waals surface area contributed by atoms with Crippen LogP contribution in [0.5, 0.6) is 5.75 Å². The molecule has 0 unspecified atom stereocenters. The second kappa shape index (κ2) is 6.68. The van der Waals surface area contributed by atoms with Gasteiger partial charge in [-0.05, 0) is 18.2 Å². The number of hydrogen-bond acceptors (Lipinski definition) is 5. The number of fused-ring (bicyclic) bond motifs is 1. The minimum Gasteiger partial charge on any atom is -0.497 e. The van der Waals surface area contributed by atoms with Gasteiger partial charge in [-0.3, -0.25) is 4.79 Å². The Hall–Kier alpha value is -2.65. The van der Waals surface area contributed by atoms with Gasteiger partial charge >= 0.3 is 0 Å². The van der Waals surface area contributed by atoms with E-state index in [2.05, 4.69) is 15.5 Å². The van der Waals surface area contributed by atoms with Crippen LogP contribution in [0.15, 0.2) is 29.4 Å². The molecular formula is C14H11ClN4O2. The van der Waals surface area contributed by atoms with Crippen molar-refractivity contribution in [3.05, 3.63) is 35.0 Å². The van der Waals surface area contributed by atoms with E-state index in [0.29, 0.717) is 16.8 Å². The van der Waals surface area contributed by atoms with E-state index in [9.17, 15) is 4.79 Å². The zero-order valence-corrected chi connectivity index (χ0v) is 11.9. The minimum absolute atomic E-state index is 0.249. The van der Waals surface area contributed by atoms with Crippen LogP contribution in [0.2, 0.25) is 5.15 Å². The average molecular weight is 303 g/mol. The highest BCUT2D eigenvalue weighted by Crippen LogP contribution is 2.23. The highest BCUT2D eigenvalue weighted by atomic mass is 35.5. The van der Waals surface area contributed by atoms with Crippen LogP contribution >= 0.6 is 11.6 Å². The smallest absolute Gasteiger partial charge is 0.254 e. The Bertz CT molecular complexity index is 752. The van der Waals surface area contributed by atoms with Crippen molar-refractivity contribution in [2.24, 2.45) is 5.10 Å². The summed E-state index contributed by atoms with van der Waals surface area (Å²) in [5.74, 6) is 0.208. The first-order valence-electron chi connectivity index (χ1n) is 5.97. The monoisotopic (exact) mass is 302 g/mol. The van der Waals surface area contributed by atoms with E-state index in [1.165, 1.54) is 6.21 Å². The molecule has 0 aliphatic heterocycles. The van der Waals surface area contributed by atoms with Crippen LogP contribution in [-0.2, 0) is 4.79 Å². The molecule has 0 atom stereocenters. The number of nitrogens with zero attached hydrogens (tertiary/aromatic N) is 3. The molecule has 1 aromatic heterocycles. The third-order valence-corrected chi connectivity index (χ3v) is 2.94. The largest absolute Gasteiger partial charge is 0.497 e. The molecule has 1 heterocycles. The topological polar surface area (TPSA) is 87.4 Å². The number of carbonyl (C=O) groups excluding carboxylic acids is 1. The fourth-order valence-electron chi connectivity index (χ4n) is 1.64. The molecule has 106 valence electrons. The molecule has 1 amide bonds. The number of methoxy groups -OCH3 is 1. The Morgan fingerprint density at radius 3 is 3.10 bits per heavy atom. The number of hydrogen-bond donors (Lipinski definition) is 1. The standard InChI is InChI=1S/C14H11ClN4O2/c1-21-11-3-2-9-6-10(14(15)18-12(9)7-11)8-17-19-13(20)4-5-16/h2-3,6-8H,4H2,1H3,(H,19,20)/b17-8-.